The van der Waals surface area contributed by atoms with Gasteiger partial charge in [0.05, 0.1) is 17.0 Å². The fourth-order valence-corrected chi connectivity index (χ4v) is 5.88. The van der Waals surface area contributed by atoms with Gasteiger partial charge in [0.15, 0.2) is 0 Å². The first kappa shape index (κ1) is 24.1. The highest BCUT2D eigenvalue weighted by molar-refractivity contribution is 6.07. The monoisotopic (exact) mass is 517 g/mol. The summed E-state index contributed by atoms with van der Waals surface area (Å²) in [5, 5.41) is 12.9. The number of likely N-dealkylation sites (tertiary alicyclic amines) is 1. The van der Waals surface area contributed by atoms with Gasteiger partial charge in [0.1, 0.15) is 29.4 Å². The van der Waals surface area contributed by atoms with Crippen LogP contribution in [0.4, 0.5) is 14.5 Å². The summed E-state index contributed by atoms with van der Waals surface area (Å²) < 4.78 is 27.9. The standard InChI is InChI=1S/C28H25F2N5O3/c1-34(25(36)23-11-18-20(30)9-16(29)10-22(18)32-23)24(8-15-6-7-15)26(37)35-14-28(12-17(35)13-31)19-4-2-3-5-21(19)33-27(28)38/h2-5,9-11,15,17,24,32H,6-8,12,14H2,1H3,(H,33,38)/t17-,24-,28-/m0/s1. The SMILES string of the molecule is CN(C(=O)c1cc2c(F)cc(F)cc2[nH]1)[C@@H](CC1CC1)C(=O)N1C[C@]2(C[C@H]1C#N)C(=O)Nc1ccccc12. The number of benzene rings is 2. The number of halogens is 2. The van der Waals surface area contributed by atoms with E-state index < -0.39 is 40.9 Å². The minimum absolute atomic E-state index is 0.0272. The van der Waals surface area contributed by atoms with Gasteiger partial charge in [-0.25, -0.2) is 8.78 Å². The number of para-hydroxylation sites is 1. The van der Waals surface area contributed by atoms with Crippen LogP contribution in [0.5, 0.6) is 0 Å². The molecule has 3 atom stereocenters. The maximum Gasteiger partial charge on any atom is 0.270 e. The van der Waals surface area contributed by atoms with Crippen LogP contribution in [0.3, 0.4) is 0 Å². The van der Waals surface area contributed by atoms with E-state index in [0.717, 1.165) is 30.5 Å². The van der Waals surface area contributed by atoms with E-state index in [4.69, 9.17) is 0 Å². The second-order valence-electron chi connectivity index (χ2n) is 10.5. The number of anilines is 1. The lowest BCUT2D eigenvalue weighted by molar-refractivity contribution is -0.136. The summed E-state index contributed by atoms with van der Waals surface area (Å²) in [5.41, 5.74) is 0.572. The first-order valence-electron chi connectivity index (χ1n) is 12.6. The summed E-state index contributed by atoms with van der Waals surface area (Å²) in [5.74, 6) is -2.49. The lowest BCUT2D eigenvalue weighted by Crippen LogP contribution is -2.51. The fraction of sp³-hybridized carbons (Fsp3) is 0.357. The predicted molar refractivity (Wildman–Crippen MR) is 134 cm³/mol. The number of nitrogens with one attached hydrogen (secondary N) is 2. The molecule has 194 valence electrons. The number of rotatable bonds is 5. The third-order valence-corrected chi connectivity index (χ3v) is 8.13. The maximum atomic E-state index is 14.3. The first-order valence-corrected chi connectivity index (χ1v) is 12.6. The Balaban J connectivity index is 1.31. The van der Waals surface area contributed by atoms with Gasteiger partial charge in [-0.3, -0.25) is 14.4 Å². The molecule has 3 aliphatic rings. The fourth-order valence-electron chi connectivity index (χ4n) is 5.88. The smallest absolute Gasteiger partial charge is 0.270 e. The van der Waals surface area contributed by atoms with Crippen LogP contribution < -0.4 is 5.32 Å². The number of amides is 3. The minimum atomic E-state index is -1.03. The molecule has 1 spiro atoms. The van der Waals surface area contributed by atoms with Gasteiger partial charge < -0.3 is 20.1 Å². The Morgan fingerprint density at radius 1 is 1.24 bits per heavy atom. The normalized spacial score (nSPS) is 22.8. The van der Waals surface area contributed by atoms with Crippen LogP contribution in [0.15, 0.2) is 42.5 Å². The molecule has 2 aliphatic heterocycles. The van der Waals surface area contributed by atoms with Gasteiger partial charge in [0.25, 0.3) is 5.91 Å². The molecule has 38 heavy (non-hydrogen) atoms. The van der Waals surface area contributed by atoms with Crippen molar-refractivity contribution in [3.05, 3.63) is 65.4 Å². The molecule has 0 radical (unpaired) electrons. The molecule has 2 aromatic carbocycles. The molecule has 10 heteroatoms. The second kappa shape index (κ2) is 8.65. The van der Waals surface area contributed by atoms with Crippen molar-refractivity contribution in [2.45, 2.75) is 43.2 Å². The molecule has 1 aliphatic carbocycles. The van der Waals surface area contributed by atoms with Crippen molar-refractivity contribution in [3.8, 4) is 6.07 Å². The average Bonchev–Trinajstić information content (AvgIpc) is 3.37. The van der Waals surface area contributed by atoms with E-state index in [-0.39, 0.29) is 41.4 Å². The molecule has 0 bridgehead atoms. The Labute approximate surface area is 217 Å². The van der Waals surface area contributed by atoms with Crippen molar-refractivity contribution < 1.29 is 23.2 Å². The zero-order chi connectivity index (χ0) is 26.8. The van der Waals surface area contributed by atoms with Crippen molar-refractivity contribution in [1.29, 1.82) is 5.26 Å². The molecule has 8 nitrogen and oxygen atoms in total. The number of carbonyl (C=O) groups is 3. The second-order valence-corrected chi connectivity index (χ2v) is 10.5. The number of aromatic amines is 1. The molecule has 2 fully saturated rings. The zero-order valence-electron chi connectivity index (χ0n) is 20.6. The van der Waals surface area contributed by atoms with Crippen LogP contribution in [0, 0.1) is 28.9 Å². The Hall–Kier alpha value is -4.26. The van der Waals surface area contributed by atoms with E-state index in [1.54, 1.807) is 6.07 Å². The van der Waals surface area contributed by atoms with Crippen LogP contribution in [0.25, 0.3) is 10.9 Å². The highest BCUT2D eigenvalue weighted by Crippen LogP contribution is 2.47. The van der Waals surface area contributed by atoms with Crippen molar-refractivity contribution in [3.63, 3.8) is 0 Å². The van der Waals surface area contributed by atoms with Crippen LogP contribution >= 0.6 is 0 Å². The van der Waals surface area contributed by atoms with Gasteiger partial charge in [-0.05, 0) is 36.1 Å². The highest BCUT2D eigenvalue weighted by Gasteiger charge is 2.57. The summed E-state index contributed by atoms with van der Waals surface area (Å²) in [4.78, 5) is 46.1. The molecule has 0 unspecified atom stereocenters. The molecule has 3 amide bonds. The van der Waals surface area contributed by atoms with E-state index in [2.05, 4.69) is 16.4 Å². The maximum absolute atomic E-state index is 14.3. The lowest BCUT2D eigenvalue weighted by Gasteiger charge is -2.32. The number of fused-ring (bicyclic) bond motifs is 3. The molecule has 1 saturated carbocycles. The summed E-state index contributed by atoms with van der Waals surface area (Å²) >= 11 is 0. The largest absolute Gasteiger partial charge is 0.350 e. The number of carbonyl (C=O) groups excluding carboxylic acids is 3. The highest BCUT2D eigenvalue weighted by atomic mass is 19.1. The van der Waals surface area contributed by atoms with E-state index in [0.29, 0.717) is 12.1 Å². The summed E-state index contributed by atoms with van der Waals surface area (Å²) in [6.07, 6.45) is 2.45. The van der Waals surface area contributed by atoms with Crippen molar-refractivity contribution in [2.75, 3.05) is 18.9 Å². The number of aromatic nitrogens is 1. The number of nitrogens with zero attached hydrogens (tertiary/aromatic N) is 3. The number of hydrogen-bond donors (Lipinski definition) is 2. The zero-order valence-corrected chi connectivity index (χ0v) is 20.6. The predicted octanol–water partition coefficient (Wildman–Crippen LogP) is 3.70. The van der Waals surface area contributed by atoms with Gasteiger partial charge in [0, 0.05) is 37.2 Å². The van der Waals surface area contributed by atoms with Crippen LogP contribution in [0.1, 0.15) is 41.7 Å². The quantitative estimate of drug-likeness (QED) is 0.538. The summed E-state index contributed by atoms with van der Waals surface area (Å²) in [6, 6.07) is 10.9. The van der Waals surface area contributed by atoms with Gasteiger partial charge >= 0.3 is 0 Å². The third-order valence-electron chi connectivity index (χ3n) is 8.13. The lowest BCUT2D eigenvalue weighted by atomic mass is 9.80. The average molecular weight is 518 g/mol. The van der Waals surface area contributed by atoms with E-state index in [1.807, 2.05) is 18.2 Å². The molecule has 3 heterocycles. The summed E-state index contributed by atoms with van der Waals surface area (Å²) in [7, 11) is 1.50. The Morgan fingerprint density at radius 2 is 2.00 bits per heavy atom. The summed E-state index contributed by atoms with van der Waals surface area (Å²) in [6.45, 7) is 0.0347. The van der Waals surface area contributed by atoms with E-state index in [9.17, 15) is 28.4 Å². The molecule has 1 aromatic heterocycles. The first-order chi connectivity index (χ1) is 18.2. The Bertz CT molecular complexity index is 1540. The third kappa shape index (κ3) is 3.72. The van der Waals surface area contributed by atoms with Crippen molar-refractivity contribution in [1.82, 2.24) is 14.8 Å². The number of H-pyrrole nitrogens is 1. The molecule has 6 rings (SSSR count). The van der Waals surface area contributed by atoms with Crippen LogP contribution in [0.2, 0.25) is 0 Å². The van der Waals surface area contributed by atoms with Gasteiger partial charge in [-0.2, -0.15) is 5.26 Å². The van der Waals surface area contributed by atoms with E-state index >= 15 is 0 Å². The van der Waals surface area contributed by atoms with Gasteiger partial charge in [-0.1, -0.05) is 31.0 Å². The van der Waals surface area contributed by atoms with Gasteiger partial charge in [0.2, 0.25) is 11.8 Å². The topological polar surface area (TPSA) is 109 Å². The van der Waals surface area contributed by atoms with E-state index in [1.165, 1.54) is 22.9 Å². The molecule has 1 saturated heterocycles. The number of likely N-dealkylation sites (N-methyl/N-ethyl adjacent to an activating group) is 1. The van der Waals surface area contributed by atoms with Crippen LogP contribution in [-0.4, -0.2) is 58.2 Å². The Kier molecular flexibility index (Phi) is 5.49. The number of hydrogen-bond acceptors (Lipinski definition) is 4. The Morgan fingerprint density at radius 3 is 2.74 bits per heavy atom. The molecule has 2 N–H and O–H groups in total. The molecular formula is C28H25F2N5O3. The van der Waals surface area contributed by atoms with Crippen molar-refractivity contribution >= 4 is 34.3 Å². The van der Waals surface area contributed by atoms with Gasteiger partial charge in [-0.15, -0.1) is 0 Å². The van der Waals surface area contributed by atoms with Crippen molar-refractivity contribution in [2.24, 2.45) is 5.92 Å². The minimum Gasteiger partial charge on any atom is -0.350 e. The molecular weight excluding hydrogens is 492 g/mol. The van der Waals surface area contributed by atoms with Crippen LogP contribution in [-0.2, 0) is 15.0 Å². The molecule has 3 aromatic rings. The number of nitriles is 1.